The molecule has 3 heterocycles. The summed E-state index contributed by atoms with van der Waals surface area (Å²) in [5, 5.41) is 4.10. The summed E-state index contributed by atoms with van der Waals surface area (Å²) in [7, 11) is -1.94. The second-order valence-electron chi connectivity index (χ2n) is 9.89. The van der Waals surface area contributed by atoms with Crippen LogP contribution in [0.25, 0.3) is 0 Å². The Morgan fingerprint density at radius 1 is 1.14 bits per heavy atom. The van der Waals surface area contributed by atoms with Crippen LogP contribution in [0, 0.1) is 13.8 Å². The van der Waals surface area contributed by atoms with Gasteiger partial charge in [-0.25, -0.2) is 8.42 Å². The fourth-order valence-corrected chi connectivity index (χ4v) is 6.80. The SMILES string of the molecule is COc1cc(N2C(=S)N[C@H](c3ccccn3)[C@H]2c2cc(C)n(C3CCCC3)c2C)ccc1NS(C)(=O)=O. The van der Waals surface area contributed by atoms with E-state index in [1.807, 2.05) is 30.3 Å². The number of nitrogens with one attached hydrogen (secondary N) is 2. The second-order valence-corrected chi connectivity index (χ2v) is 12.0. The zero-order valence-electron chi connectivity index (χ0n) is 21.6. The molecular formula is C27H33N5O3S2. The van der Waals surface area contributed by atoms with Crippen molar-refractivity contribution in [3.63, 3.8) is 0 Å². The third-order valence-corrected chi connectivity index (χ3v) is 8.29. The molecule has 0 unspecified atom stereocenters. The summed E-state index contributed by atoms with van der Waals surface area (Å²) >= 11 is 5.89. The number of anilines is 2. The fourth-order valence-electron chi connectivity index (χ4n) is 5.89. The zero-order chi connectivity index (χ0) is 26.3. The van der Waals surface area contributed by atoms with Crippen LogP contribution in [0.3, 0.4) is 0 Å². The van der Waals surface area contributed by atoms with E-state index < -0.39 is 10.0 Å². The summed E-state index contributed by atoms with van der Waals surface area (Å²) < 4.78 is 34.3. The van der Waals surface area contributed by atoms with E-state index in [0.29, 0.717) is 22.6 Å². The highest BCUT2D eigenvalue weighted by atomic mass is 32.2. The van der Waals surface area contributed by atoms with Crippen LogP contribution >= 0.6 is 12.2 Å². The first-order valence-corrected chi connectivity index (χ1v) is 14.8. The van der Waals surface area contributed by atoms with Gasteiger partial charge in [-0.2, -0.15) is 0 Å². The van der Waals surface area contributed by atoms with Crippen molar-refractivity contribution >= 4 is 38.7 Å². The van der Waals surface area contributed by atoms with Gasteiger partial charge in [0.25, 0.3) is 0 Å². The van der Waals surface area contributed by atoms with Crippen molar-refractivity contribution in [2.24, 2.45) is 0 Å². The molecule has 3 aromatic rings. The number of methoxy groups -OCH3 is 1. The summed E-state index contributed by atoms with van der Waals surface area (Å²) in [6.45, 7) is 4.39. The normalized spacial score (nSPS) is 20.3. The molecule has 2 fully saturated rings. The molecule has 1 aliphatic heterocycles. The molecule has 5 rings (SSSR count). The molecule has 8 nitrogen and oxygen atoms in total. The highest BCUT2D eigenvalue weighted by molar-refractivity contribution is 7.92. The van der Waals surface area contributed by atoms with Crippen molar-refractivity contribution in [1.29, 1.82) is 0 Å². The number of hydrogen-bond donors (Lipinski definition) is 2. The van der Waals surface area contributed by atoms with Gasteiger partial charge >= 0.3 is 0 Å². The van der Waals surface area contributed by atoms with Gasteiger partial charge in [-0.05, 0) is 74.8 Å². The lowest BCUT2D eigenvalue weighted by Crippen LogP contribution is -2.29. The monoisotopic (exact) mass is 539 g/mol. The van der Waals surface area contributed by atoms with Crippen LogP contribution < -0.4 is 19.7 Å². The van der Waals surface area contributed by atoms with Crippen LogP contribution in [0.15, 0.2) is 48.7 Å². The Balaban J connectivity index is 1.63. The van der Waals surface area contributed by atoms with Crippen LogP contribution in [-0.2, 0) is 10.0 Å². The Morgan fingerprint density at radius 3 is 2.54 bits per heavy atom. The number of aromatic nitrogens is 2. The molecule has 1 aromatic carbocycles. The number of aryl methyl sites for hydroxylation is 1. The van der Waals surface area contributed by atoms with Gasteiger partial charge in [0.05, 0.1) is 36.8 Å². The Bertz CT molecular complexity index is 1420. The summed E-state index contributed by atoms with van der Waals surface area (Å²) in [5.74, 6) is 0.419. The van der Waals surface area contributed by atoms with Crippen molar-refractivity contribution in [3.05, 3.63) is 71.3 Å². The Hall–Kier alpha value is -3.11. The number of benzene rings is 1. The lowest BCUT2D eigenvalue weighted by atomic mass is 9.96. The average molecular weight is 540 g/mol. The second kappa shape index (κ2) is 9.98. The molecule has 1 aliphatic carbocycles. The molecule has 2 N–H and O–H groups in total. The molecule has 37 heavy (non-hydrogen) atoms. The lowest BCUT2D eigenvalue weighted by Gasteiger charge is -2.29. The largest absolute Gasteiger partial charge is 0.494 e. The summed E-state index contributed by atoms with van der Waals surface area (Å²) in [5.41, 5.74) is 5.79. The maximum Gasteiger partial charge on any atom is 0.229 e. The van der Waals surface area contributed by atoms with Gasteiger partial charge in [0.15, 0.2) is 5.11 Å². The first-order valence-electron chi connectivity index (χ1n) is 12.5. The quantitative estimate of drug-likeness (QED) is 0.400. The molecule has 0 spiro atoms. The number of ether oxygens (including phenoxy) is 1. The topological polar surface area (TPSA) is 88.5 Å². The van der Waals surface area contributed by atoms with Gasteiger partial charge < -0.3 is 19.5 Å². The predicted octanol–water partition coefficient (Wildman–Crippen LogP) is 5.17. The first kappa shape index (κ1) is 25.5. The Labute approximate surface area is 224 Å². The fraction of sp³-hybridized carbons (Fsp3) is 0.407. The Kier molecular flexibility index (Phi) is 6.89. The van der Waals surface area contributed by atoms with E-state index in [1.54, 1.807) is 12.3 Å². The average Bonchev–Trinajstić information content (AvgIpc) is 3.57. The molecule has 2 aromatic heterocycles. The minimum Gasteiger partial charge on any atom is -0.494 e. The van der Waals surface area contributed by atoms with E-state index in [1.165, 1.54) is 49.7 Å². The molecule has 0 amide bonds. The zero-order valence-corrected chi connectivity index (χ0v) is 23.2. The maximum absolute atomic E-state index is 11.9. The van der Waals surface area contributed by atoms with Crippen molar-refractivity contribution < 1.29 is 13.2 Å². The van der Waals surface area contributed by atoms with Gasteiger partial charge in [0.1, 0.15) is 5.75 Å². The molecule has 10 heteroatoms. The number of thiocarbonyl (C=S) groups is 1. The molecule has 0 radical (unpaired) electrons. The van der Waals surface area contributed by atoms with Crippen molar-refractivity contribution in [3.8, 4) is 5.75 Å². The number of rotatable bonds is 7. The number of nitrogens with zero attached hydrogens (tertiary/aromatic N) is 3. The van der Waals surface area contributed by atoms with E-state index in [0.717, 1.165) is 17.6 Å². The standard InChI is InChI=1S/C27H33N5O3S2/c1-17-15-21(18(2)31(17)19-9-5-6-10-19)26-25(23-11-7-8-14-28-23)29-27(36)32(26)20-12-13-22(24(16-20)35-3)30-37(4,33)34/h7-8,11-16,19,25-26,30H,5-6,9-10H2,1-4H3,(H,29,36)/t25-,26-/m1/s1. The van der Waals surface area contributed by atoms with Gasteiger partial charge in [0.2, 0.25) is 10.0 Å². The summed E-state index contributed by atoms with van der Waals surface area (Å²) in [6, 6.07) is 13.8. The smallest absolute Gasteiger partial charge is 0.229 e. The highest BCUT2D eigenvalue weighted by Crippen LogP contribution is 2.46. The third-order valence-electron chi connectivity index (χ3n) is 7.39. The Morgan fingerprint density at radius 2 is 1.89 bits per heavy atom. The van der Waals surface area contributed by atoms with E-state index >= 15 is 0 Å². The predicted molar refractivity (Wildman–Crippen MR) is 151 cm³/mol. The van der Waals surface area contributed by atoms with E-state index in [2.05, 4.69) is 44.4 Å². The number of hydrogen-bond acceptors (Lipinski definition) is 5. The maximum atomic E-state index is 11.9. The van der Waals surface area contributed by atoms with Gasteiger partial charge in [-0.1, -0.05) is 18.9 Å². The van der Waals surface area contributed by atoms with Gasteiger partial charge in [-0.3, -0.25) is 9.71 Å². The summed E-state index contributed by atoms with van der Waals surface area (Å²) in [6.07, 6.45) is 7.86. The van der Waals surface area contributed by atoms with Crippen LogP contribution in [0.5, 0.6) is 5.75 Å². The minimum atomic E-state index is -3.46. The molecule has 0 bridgehead atoms. The van der Waals surface area contributed by atoms with E-state index in [4.69, 9.17) is 17.0 Å². The summed E-state index contributed by atoms with van der Waals surface area (Å²) in [4.78, 5) is 6.77. The van der Waals surface area contributed by atoms with Crippen LogP contribution in [0.4, 0.5) is 11.4 Å². The van der Waals surface area contributed by atoms with Gasteiger partial charge in [0, 0.05) is 35.4 Å². The molecule has 2 atom stereocenters. The van der Waals surface area contributed by atoms with Gasteiger partial charge in [-0.15, -0.1) is 0 Å². The molecule has 1 saturated carbocycles. The molecule has 196 valence electrons. The lowest BCUT2D eigenvalue weighted by molar-refractivity contribution is 0.417. The van der Waals surface area contributed by atoms with Crippen molar-refractivity contribution in [2.45, 2.75) is 57.7 Å². The van der Waals surface area contributed by atoms with E-state index in [9.17, 15) is 8.42 Å². The third kappa shape index (κ3) is 4.92. The van der Waals surface area contributed by atoms with Crippen molar-refractivity contribution in [2.75, 3.05) is 23.0 Å². The van der Waals surface area contributed by atoms with E-state index in [-0.39, 0.29) is 12.1 Å². The first-order chi connectivity index (χ1) is 17.7. The number of sulfonamides is 1. The van der Waals surface area contributed by atoms with Crippen LogP contribution in [-0.4, -0.2) is 36.4 Å². The highest BCUT2D eigenvalue weighted by Gasteiger charge is 2.42. The molecule has 2 aliphatic rings. The van der Waals surface area contributed by atoms with Crippen LogP contribution in [0.1, 0.15) is 66.5 Å². The van der Waals surface area contributed by atoms with Crippen LogP contribution in [0.2, 0.25) is 0 Å². The number of pyridine rings is 1. The van der Waals surface area contributed by atoms with Crippen molar-refractivity contribution in [1.82, 2.24) is 14.9 Å². The minimum absolute atomic E-state index is 0.151. The molecule has 1 saturated heterocycles. The molecular weight excluding hydrogens is 506 g/mol.